The van der Waals surface area contributed by atoms with Gasteiger partial charge in [-0.3, -0.25) is 5.10 Å². The number of nitrogens with one attached hydrogen (secondary N) is 2. The number of aromatic amines is 1. The fourth-order valence-electron chi connectivity index (χ4n) is 1.43. The van der Waals surface area contributed by atoms with Crippen LogP contribution in [0.1, 0.15) is 5.82 Å². The molecule has 0 saturated heterocycles. The molecule has 0 bridgehead atoms. The molecule has 17 heavy (non-hydrogen) atoms. The number of nitrogens with zero attached hydrogens (tertiary/aromatic N) is 2. The van der Waals surface area contributed by atoms with Crippen molar-refractivity contribution in [1.82, 2.24) is 14.8 Å². The Kier molecular flexibility index (Phi) is 3.43. The van der Waals surface area contributed by atoms with Crippen molar-refractivity contribution < 1.29 is 4.74 Å². The lowest BCUT2D eigenvalue weighted by atomic mass is 10.3. The fourth-order valence-corrected chi connectivity index (χ4v) is 1.58. The molecule has 0 aliphatic carbocycles. The predicted molar refractivity (Wildman–Crippen MR) is 68.7 cm³/mol. The van der Waals surface area contributed by atoms with Crippen molar-refractivity contribution in [2.75, 3.05) is 12.4 Å². The summed E-state index contributed by atoms with van der Waals surface area (Å²) in [6.45, 7) is 0.621. The maximum Gasteiger partial charge on any atom is 0.194 e. The molecule has 0 saturated carbocycles. The van der Waals surface area contributed by atoms with Crippen LogP contribution in [0.25, 0.3) is 0 Å². The first-order chi connectivity index (χ1) is 8.20. The normalized spacial score (nSPS) is 10.2. The minimum Gasteiger partial charge on any atom is -0.497 e. The highest BCUT2D eigenvalue weighted by atomic mass is 32.1. The Morgan fingerprint density at radius 1 is 1.41 bits per heavy atom. The summed E-state index contributed by atoms with van der Waals surface area (Å²) in [4.78, 5) is 0. The lowest BCUT2D eigenvalue weighted by Gasteiger charge is -2.06. The van der Waals surface area contributed by atoms with Gasteiger partial charge in [0.15, 0.2) is 10.6 Å². The van der Waals surface area contributed by atoms with Gasteiger partial charge in [-0.2, -0.15) is 5.10 Å². The van der Waals surface area contributed by atoms with Crippen molar-refractivity contribution in [3.05, 3.63) is 34.9 Å². The van der Waals surface area contributed by atoms with E-state index in [1.54, 1.807) is 7.11 Å². The zero-order chi connectivity index (χ0) is 12.3. The smallest absolute Gasteiger partial charge is 0.194 e. The summed E-state index contributed by atoms with van der Waals surface area (Å²) in [6.07, 6.45) is 0. The Hall–Kier alpha value is -1.82. The van der Waals surface area contributed by atoms with Crippen molar-refractivity contribution in [3.8, 4) is 5.75 Å². The van der Waals surface area contributed by atoms with Crippen molar-refractivity contribution >= 4 is 17.9 Å². The van der Waals surface area contributed by atoms with E-state index in [4.69, 9.17) is 17.0 Å². The average Bonchev–Trinajstić information content (AvgIpc) is 2.68. The molecule has 1 aromatic carbocycles. The third kappa shape index (κ3) is 2.65. The van der Waals surface area contributed by atoms with E-state index in [-0.39, 0.29) is 0 Å². The van der Waals surface area contributed by atoms with Gasteiger partial charge in [-0.25, -0.2) is 0 Å². The molecule has 0 unspecified atom stereocenters. The van der Waals surface area contributed by atoms with Gasteiger partial charge < -0.3 is 14.6 Å². The first-order valence-corrected chi connectivity index (χ1v) is 5.59. The van der Waals surface area contributed by atoms with E-state index in [2.05, 4.69) is 15.5 Å². The van der Waals surface area contributed by atoms with Gasteiger partial charge in [-0.15, -0.1) is 0 Å². The van der Waals surface area contributed by atoms with Crippen molar-refractivity contribution in [1.29, 1.82) is 0 Å². The molecule has 0 atom stereocenters. The van der Waals surface area contributed by atoms with Crippen molar-refractivity contribution in [2.24, 2.45) is 7.05 Å². The summed E-state index contributed by atoms with van der Waals surface area (Å²) in [5, 5.41) is 10.1. The van der Waals surface area contributed by atoms with Crippen LogP contribution >= 0.6 is 12.2 Å². The summed E-state index contributed by atoms with van der Waals surface area (Å²) in [6, 6.07) is 7.73. The number of methoxy groups -OCH3 is 1. The molecule has 1 heterocycles. The summed E-state index contributed by atoms with van der Waals surface area (Å²) in [5.74, 6) is 1.71. The van der Waals surface area contributed by atoms with Gasteiger partial charge in [0.25, 0.3) is 0 Å². The Labute approximate surface area is 104 Å². The molecule has 2 aromatic rings. The topological polar surface area (TPSA) is 54.9 Å². The molecule has 90 valence electrons. The Morgan fingerprint density at radius 3 is 2.65 bits per heavy atom. The lowest BCUT2D eigenvalue weighted by molar-refractivity contribution is 0.415. The molecule has 6 heteroatoms. The van der Waals surface area contributed by atoms with Gasteiger partial charge in [0.1, 0.15) is 5.75 Å². The average molecular weight is 250 g/mol. The number of rotatable bonds is 4. The molecule has 5 nitrogen and oxygen atoms in total. The van der Waals surface area contributed by atoms with Crippen LogP contribution in [0.5, 0.6) is 5.75 Å². The first kappa shape index (κ1) is 11.7. The van der Waals surface area contributed by atoms with E-state index in [1.807, 2.05) is 35.9 Å². The van der Waals surface area contributed by atoms with Crippen LogP contribution in [0.15, 0.2) is 24.3 Å². The molecule has 0 aliphatic heterocycles. The van der Waals surface area contributed by atoms with Gasteiger partial charge in [-0.05, 0) is 36.5 Å². The molecule has 2 rings (SSSR count). The van der Waals surface area contributed by atoms with Gasteiger partial charge in [0.2, 0.25) is 0 Å². The molecular weight excluding hydrogens is 236 g/mol. The highest BCUT2D eigenvalue weighted by Gasteiger charge is 2.01. The third-order valence-corrected chi connectivity index (χ3v) is 2.88. The Bertz CT molecular complexity index is 543. The molecular formula is C11H14N4OS. The van der Waals surface area contributed by atoms with Gasteiger partial charge in [0.05, 0.1) is 13.7 Å². The van der Waals surface area contributed by atoms with E-state index in [0.717, 1.165) is 17.3 Å². The molecule has 0 fully saturated rings. The number of hydrogen-bond donors (Lipinski definition) is 2. The summed E-state index contributed by atoms with van der Waals surface area (Å²) in [7, 11) is 3.54. The first-order valence-electron chi connectivity index (χ1n) is 5.19. The number of anilines is 1. The minimum atomic E-state index is 0.621. The van der Waals surface area contributed by atoms with Crippen LogP contribution in [-0.2, 0) is 13.6 Å². The highest BCUT2D eigenvalue weighted by Crippen LogP contribution is 2.15. The van der Waals surface area contributed by atoms with E-state index in [9.17, 15) is 0 Å². The number of aromatic nitrogens is 3. The highest BCUT2D eigenvalue weighted by molar-refractivity contribution is 7.71. The number of benzene rings is 1. The van der Waals surface area contributed by atoms with Crippen LogP contribution < -0.4 is 10.1 Å². The Balaban J connectivity index is 2.02. The standard InChI is InChI=1S/C11H14N4OS/c1-15-10(13-14-11(15)17)7-12-8-3-5-9(16-2)6-4-8/h3-6,12H,7H2,1-2H3,(H,14,17). The van der Waals surface area contributed by atoms with Gasteiger partial charge >= 0.3 is 0 Å². The largest absolute Gasteiger partial charge is 0.497 e. The number of ether oxygens (including phenoxy) is 1. The zero-order valence-electron chi connectivity index (χ0n) is 9.73. The van der Waals surface area contributed by atoms with Crippen LogP contribution in [0.4, 0.5) is 5.69 Å². The van der Waals surface area contributed by atoms with Crippen LogP contribution in [0.3, 0.4) is 0 Å². The molecule has 0 radical (unpaired) electrons. The lowest BCUT2D eigenvalue weighted by Crippen LogP contribution is -2.05. The van der Waals surface area contributed by atoms with Crippen LogP contribution in [0.2, 0.25) is 0 Å². The summed E-state index contributed by atoms with van der Waals surface area (Å²) in [5.41, 5.74) is 1.01. The maximum atomic E-state index is 5.09. The molecule has 0 amide bonds. The second kappa shape index (κ2) is 5.01. The molecule has 2 N–H and O–H groups in total. The number of H-pyrrole nitrogens is 1. The molecule has 0 aliphatic rings. The van der Waals surface area contributed by atoms with Crippen LogP contribution in [-0.4, -0.2) is 21.9 Å². The van der Waals surface area contributed by atoms with E-state index in [0.29, 0.717) is 11.3 Å². The Morgan fingerprint density at radius 2 is 2.12 bits per heavy atom. The third-order valence-electron chi connectivity index (χ3n) is 2.51. The van der Waals surface area contributed by atoms with Gasteiger partial charge in [-0.1, -0.05) is 0 Å². The monoisotopic (exact) mass is 250 g/mol. The summed E-state index contributed by atoms with van der Waals surface area (Å²) < 4.78 is 7.55. The van der Waals surface area contributed by atoms with E-state index < -0.39 is 0 Å². The van der Waals surface area contributed by atoms with Crippen molar-refractivity contribution in [2.45, 2.75) is 6.54 Å². The maximum absolute atomic E-state index is 5.09. The van der Waals surface area contributed by atoms with Crippen molar-refractivity contribution in [3.63, 3.8) is 0 Å². The summed E-state index contributed by atoms with van der Waals surface area (Å²) >= 11 is 5.04. The number of hydrogen-bond acceptors (Lipinski definition) is 4. The fraction of sp³-hybridized carbons (Fsp3) is 0.273. The van der Waals surface area contributed by atoms with Gasteiger partial charge in [0, 0.05) is 12.7 Å². The van der Waals surface area contributed by atoms with E-state index in [1.165, 1.54) is 0 Å². The molecule has 1 aromatic heterocycles. The van der Waals surface area contributed by atoms with Crippen LogP contribution in [0, 0.1) is 4.77 Å². The SMILES string of the molecule is COc1ccc(NCc2n[nH]c(=S)n2C)cc1. The molecule has 0 spiro atoms. The van der Waals surface area contributed by atoms with E-state index >= 15 is 0 Å². The predicted octanol–water partition coefficient (Wildman–Crippen LogP) is 2.10. The second-order valence-electron chi connectivity index (χ2n) is 3.59. The quantitative estimate of drug-likeness (QED) is 0.816. The minimum absolute atomic E-state index is 0.621. The zero-order valence-corrected chi connectivity index (χ0v) is 10.5. The second-order valence-corrected chi connectivity index (χ2v) is 3.97.